The summed E-state index contributed by atoms with van der Waals surface area (Å²) in [6.07, 6.45) is 0. The van der Waals surface area contributed by atoms with E-state index in [1.807, 2.05) is 43.3 Å². The Hall–Kier alpha value is -3.05. The van der Waals surface area contributed by atoms with Gasteiger partial charge < -0.3 is 19.7 Å². The number of ether oxygens (including phenoxy) is 2. The molecule has 0 aliphatic heterocycles. The van der Waals surface area contributed by atoms with E-state index in [0.29, 0.717) is 18.3 Å². The number of rotatable bonds is 8. The number of aryl methyl sites for hydroxylation is 1. The molecule has 0 aromatic heterocycles. The van der Waals surface area contributed by atoms with Crippen molar-refractivity contribution < 1.29 is 9.47 Å². The molecule has 0 atom stereocenters. The average molecular weight is 421 g/mol. The molecule has 0 unspecified atom stereocenters. The van der Waals surface area contributed by atoms with Gasteiger partial charge in [0.15, 0.2) is 5.11 Å². The van der Waals surface area contributed by atoms with Crippen molar-refractivity contribution in [3.8, 4) is 11.5 Å². The SMILES string of the molecule is CCOc1ccc(NC(=S)N(Cc2ccc(OC)cc2)Cc2cccc(C)c2)cc1. The minimum absolute atomic E-state index is 0.650. The topological polar surface area (TPSA) is 33.7 Å². The normalized spacial score (nSPS) is 10.4. The van der Waals surface area contributed by atoms with E-state index in [9.17, 15) is 0 Å². The lowest BCUT2D eigenvalue weighted by atomic mass is 10.1. The fourth-order valence-corrected chi connectivity index (χ4v) is 3.43. The van der Waals surface area contributed by atoms with Gasteiger partial charge in [0.25, 0.3) is 0 Å². The number of nitrogens with one attached hydrogen (secondary N) is 1. The van der Waals surface area contributed by atoms with E-state index in [-0.39, 0.29) is 0 Å². The lowest BCUT2D eigenvalue weighted by Gasteiger charge is -2.26. The van der Waals surface area contributed by atoms with Crippen LogP contribution in [0.4, 0.5) is 5.69 Å². The second kappa shape index (κ2) is 10.6. The van der Waals surface area contributed by atoms with Crippen LogP contribution in [0.25, 0.3) is 0 Å². The molecule has 4 nitrogen and oxygen atoms in total. The van der Waals surface area contributed by atoms with Crippen molar-refractivity contribution in [3.05, 3.63) is 89.5 Å². The van der Waals surface area contributed by atoms with Crippen LogP contribution in [-0.4, -0.2) is 23.7 Å². The molecule has 3 rings (SSSR count). The molecular formula is C25H28N2O2S. The van der Waals surface area contributed by atoms with Crippen molar-refractivity contribution in [2.24, 2.45) is 0 Å². The highest BCUT2D eigenvalue weighted by atomic mass is 32.1. The number of methoxy groups -OCH3 is 1. The monoisotopic (exact) mass is 420 g/mol. The van der Waals surface area contributed by atoms with Crippen LogP contribution in [0.2, 0.25) is 0 Å². The number of nitrogens with zero attached hydrogens (tertiary/aromatic N) is 1. The van der Waals surface area contributed by atoms with E-state index in [4.69, 9.17) is 21.7 Å². The van der Waals surface area contributed by atoms with Crippen molar-refractivity contribution in [2.45, 2.75) is 26.9 Å². The predicted octanol–water partition coefficient (Wildman–Crippen LogP) is 5.80. The maximum Gasteiger partial charge on any atom is 0.174 e. The Morgan fingerprint density at radius 3 is 2.20 bits per heavy atom. The van der Waals surface area contributed by atoms with Gasteiger partial charge in [0, 0.05) is 18.8 Å². The van der Waals surface area contributed by atoms with Gasteiger partial charge in [-0.3, -0.25) is 0 Å². The molecule has 0 heterocycles. The third-order valence-electron chi connectivity index (χ3n) is 4.69. The van der Waals surface area contributed by atoms with Gasteiger partial charge in [-0.15, -0.1) is 0 Å². The molecule has 0 spiro atoms. The summed E-state index contributed by atoms with van der Waals surface area (Å²) in [6.45, 7) is 6.14. The van der Waals surface area contributed by atoms with Gasteiger partial charge in [0.2, 0.25) is 0 Å². The zero-order chi connectivity index (χ0) is 21.3. The molecule has 0 aliphatic carbocycles. The Bertz CT molecular complexity index is 956. The molecule has 0 radical (unpaired) electrons. The molecule has 156 valence electrons. The number of hydrogen-bond acceptors (Lipinski definition) is 3. The summed E-state index contributed by atoms with van der Waals surface area (Å²) in [5.41, 5.74) is 4.56. The molecule has 0 amide bonds. The molecule has 0 saturated carbocycles. The highest BCUT2D eigenvalue weighted by Gasteiger charge is 2.12. The maximum absolute atomic E-state index is 5.78. The second-order valence-electron chi connectivity index (χ2n) is 7.08. The van der Waals surface area contributed by atoms with Crippen LogP contribution >= 0.6 is 12.2 Å². The van der Waals surface area contributed by atoms with E-state index in [0.717, 1.165) is 23.7 Å². The van der Waals surface area contributed by atoms with Crippen LogP contribution < -0.4 is 14.8 Å². The Balaban J connectivity index is 1.76. The summed E-state index contributed by atoms with van der Waals surface area (Å²) in [5.74, 6) is 1.70. The highest BCUT2D eigenvalue weighted by Crippen LogP contribution is 2.19. The minimum atomic E-state index is 0.650. The van der Waals surface area contributed by atoms with E-state index in [1.165, 1.54) is 16.7 Å². The second-order valence-corrected chi connectivity index (χ2v) is 7.47. The van der Waals surface area contributed by atoms with Gasteiger partial charge in [0.1, 0.15) is 11.5 Å². The fourth-order valence-electron chi connectivity index (χ4n) is 3.19. The van der Waals surface area contributed by atoms with Crippen LogP contribution in [-0.2, 0) is 13.1 Å². The average Bonchev–Trinajstić information content (AvgIpc) is 2.75. The van der Waals surface area contributed by atoms with Crippen molar-refractivity contribution in [3.63, 3.8) is 0 Å². The van der Waals surface area contributed by atoms with E-state index in [1.54, 1.807) is 7.11 Å². The Labute approximate surface area is 184 Å². The van der Waals surface area contributed by atoms with Crippen LogP contribution in [0.5, 0.6) is 11.5 Å². The summed E-state index contributed by atoms with van der Waals surface area (Å²) in [6, 6.07) is 24.5. The van der Waals surface area contributed by atoms with Gasteiger partial charge in [-0.2, -0.15) is 0 Å². The molecule has 30 heavy (non-hydrogen) atoms. The smallest absolute Gasteiger partial charge is 0.174 e. The first-order valence-corrected chi connectivity index (χ1v) is 10.5. The first-order valence-electron chi connectivity index (χ1n) is 10.0. The molecule has 3 aromatic rings. The molecule has 0 aliphatic rings. The molecule has 0 saturated heterocycles. The molecule has 0 bridgehead atoms. The van der Waals surface area contributed by atoms with Gasteiger partial charge in [0.05, 0.1) is 13.7 Å². The summed E-state index contributed by atoms with van der Waals surface area (Å²) in [5, 5.41) is 4.04. The Morgan fingerprint density at radius 2 is 1.57 bits per heavy atom. The molecule has 0 fully saturated rings. The summed E-state index contributed by atoms with van der Waals surface area (Å²) >= 11 is 5.78. The number of thiocarbonyl (C=S) groups is 1. The molecule has 5 heteroatoms. The zero-order valence-electron chi connectivity index (χ0n) is 17.7. The first kappa shape index (κ1) is 21.7. The van der Waals surface area contributed by atoms with Crippen LogP contribution in [0, 0.1) is 6.92 Å². The lowest BCUT2D eigenvalue weighted by Crippen LogP contribution is -2.33. The summed E-state index contributed by atoms with van der Waals surface area (Å²) in [4.78, 5) is 2.17. The first-order chi connectivity index (χ1) is 14.6. The number of hydrogen-bond donors (Lipinski definition) is 1. The lowest BCUT2D eigenvalue weighted by molar-refractivity contribution is 0.340. The van der Waals surface area contributed by atoms with Crippen molar-refractivity contribution in [1.29, 1.82) is 0 Å². The van der Waals surface area contributed by atoms with E-state index >= 15 is 0 Å². The highest BCUT2D eigenvalue weighted by molar-refractivity contribution is 7.80. The van der Waals surface area contributed by atoms with E-state index < -0.39 is 0 Å². The molecule has 3 aromatic carbocycles. The van der Waals surface area contributed by atoms with Gasteiger partial charge >= 0.3 is 0 Å². The third kappa shape index (κ3) is 6.22. The van der Waals surface area contributed by atoms with Gasteiger partial charge in [-0.25, -0.2) is 0 Å². The van der Waals surface area contributed by atoms with E-state index in [2.05, 4.69) is 53.5 Å². The van der Waals surface area contributed by atoms with Crippen LogP contribution in [0.15, 0.2) is 72.8 Å². The summed E-state index contributed by atoms with van der Waals surface area (Å²) < 4.78 is 10.8. The fraction of sp³-hybridized carbons (Fsp3) is 0.240. The quantitative estimate of drug-likeness (QED) is 0.466. The number of anilines is 1. The molecular weight excluding hydrogens is 392 g/mol. The Kier molecular flexibility index (Phi) is 7.69. The minimum Gasteiger partial charge on any atom is -0.497 e. The Morgan fingerprint density at radius 1 is 0.900 bits per heavy atom. The van der Waals surface area contributed by atoms with Crippen molar-refractivity contribution in [2.75, 3.05) is 19.0 Å². The van der Waals surface area contributed by atoms with Crippen molar-refractivity contribution in [1.82, 2.24) is 4.90 Å². The zero-order valence-corrected chi connectivity index (χ0v) is 18.5. The van der Waals surface area contributed by atoms with Gasteiger partial charge in [-0.05, 0) is 73.6 Å². The summed E-state index contributed by atoms with van der Waals surface area (Å²) in [7, 11) is 1.68. The largest absolute Gasteiger partial charge is 0.497 e. The number of benzene rings is 3. The molecule has 1 N–H and O–H groups in total. The maximum atomic E-state index is 5.78. The third-order valence-corrected chi connectivity index (χ3v) is 5.05. The van der Waals surface area contributed by atoms with Crippen LogP contribution in [0.1, 0.15) is 23.6 Å². The standard InChI is InChI=1S/C25H28N2O2S/c1-4-29-24-14-10-22(11-15-24)26-25(30)27(18-21-7-5-6-19(2)16-21)17-20-8-12-23(28-3)13-9-20/h5-16H,4,17-18H2,1-3H3,(H,26,30). The van der Waals surface area contributed by atoms with Gasteiger partial charge in [-0.1, -0.05) is 42.0 Å². The van der Waals surface area contributed by atoms with Crippen molar-refractivity contribution >= 4 is 23.0 Å². The van der Waals surface area contributed by atoms with Crippen LogP contribution in [0.3, 0.4) is 0 Å². The predicted molar refractivity (Wildman–Crippen MR) is 127 cm³/mol.